The normalized spacial score (nSPS) is 17.8. The third-order valence-electron chi connectivity index (χ3n) is 2.41. The summed E-state index contributed by atoms with van der Waals surface area (Å²) < 4.78 is 5.16. The van der Waals surface area contributed by atoms with E-state index >= 15 is 0 Å². The monoisotopic (exact) mass is 166 g/mol. The predicted molar refractivity (Wildman–Crippen MR) is 44.9 cm³/mol. The van der Waals surface area contributed by atoms with Crippen LogP contribution in [0.4, 0.5) is 0 Å². The van der Waals surface area contributed by atoms with Gasteiger partial charge in [0.05, 0.1) is 0 Å². The highest BCUT2D eigenvalue weighted by Crippen LogP contribution is 2.35. The summed E-state index contributed by atoms with van der Waals surface area (Å²) in [6.07, 6.45) is 5.80. The van der Waals surface area contributed by atoms with Crippen molar-refractivity contribution in [2.45, 2.75) is 44.9 Å². The summed E-state index contributed by atoms with van der Waals surface area (Å²) in [5, 5.41) is 3.92. The first kappa shape index (κ1) is 7.77. The smallest absolute Gasteiger partial charge is 0.229 e. The van der Waals surface area contributed by atoms with Gasteiger partial charge in [-0.3, -0.25) is 0 Å². The fourth-order valence-corrected chi connectivity index (χ4v) is 1.41. The van der Waals surface area contributed by atoms with E-state index in [0.717, 1.165) is 24.6 Å². The van der Waals surface area contributed by atoms with E-state index in [2.05, 4.69) is 17.1 Å². The molecule has 1 aliphatic rings. The van der Waals surface area contributed by atoms with E-state index in [9.17, 15) is 0 Å². The molecule has 0 aliphatic heterocycles. The molecule has 1 aromatic rings. The van der Waals surface area contributed by atoms with E-state index in [1.807, 2.05) is 0 Å². The van der Waals surface area contributed by atoms with Crippen LogP contribution in [0.15, 0.2) is 4.52 Å². The summed E-state index contributed by atoms with van der Waals surface area (Å²) in [4.78, 5) is 4.34. The molecule has 1 aliphatic carbocycles. The molecule has 3 nitrogen and oxygen atoms in total. The standard InChI is InChI=1S/C9H14N2O/c1-2-4-8-10-9(12-11-8)7-5-3-6-7/h7H,2-6H2,1H3. The van der Waals surface area contributed by atoms with Gasteiger partial charge in [0.1, 0.15) is 0 Å². The van der Waals surface area contributed by atoms with Crippen molar-refractivity contribution in [2.75, 3.05) is 0 Å². The lowest BCUT2D eigenvalue weighted by Crippen LogP contribution is -2.08. The maximum absolute atomic E-state index is 5.16. The lowest BCUT2D eigenvalue weighted by Gasteiger charge is -2.20. The van der Waals surface area contributed by atoms with Gasteiger partial charge in [0, 0.05) is 12.3 Å². The first-order valence-corrected chi connectivity index (χ1v) is 4.72. The summed E-state index contributed by atoms with van der Waals surface area (Å²) in [6.45, 7) is 2.12. The van der Waals surface area contributed by atoms with Crippen LogP contribution >= 0.6 is 0 Å². The average Bonchev–Trinajstić information content (AvgIpc) is 2.34. The molecule has 1 fully saturated rings. The van der Waals surface area contributed by atoms with Gasteiger partial charge in [-0.25, -0.2) is 0 Å². The molecule has 0 aromatic carbocycles. The van der Waals surface area contributed by atoms with Crippen LogP contribution in [0.25, 0.3) is 0 Å². The van der Waals surface area contributed by atoms with Crippen LogP contribution in [0.1, 0.15) is 50.2 Å². The molecule has 0 unspecified atom stereocenters. The van der Waals surface area contributed by atoms with E-state index < -0.39 is 0 Å². The molecule has 0 N–H and O–H groups in total. The number of hydrogen-bond acceptors (Lipinski definition) is 3. The Labute approximate surface area is 72.2 Å². The first-order chi connectivity index (χ1) is 5.90. The van der Waals surface area contributed by atoms with E-state index in [4.69, 9.17) is 4.52 Å². The van der Waals surface area contributed by atoms with E-state index in [-0.39, 0.29) is 0 Å². The van der Waals surface area contributed by atoms with Crippen molar-refractivity contribution in [3.05, 3.63) is 11.7 Å². The molecule has 1 heterocycles. The minimum Gasteiger partial charge on any atom is -0.339 e. The maximum Gasteiger partial charge on any atom is 0.229 e. The van der Waals surface area contributed by atoms with Crippen LogP contribution in [0.3, 0.4) is 0 Å². The summed E-state index contributed by atoms with van der Waals surface area (Å²) in [5.74, 6) is 2.31. The van der Waals surface area contributed by atoms with Crippen molar-refractivity contribution in [2.24, 2.45) is 0 Å². The van der Waals surface area contributed by atoms with E-state index in [0.29, 0.717) is 5.92 Å². The van der Waals surface area contributed by atoms with E-state index in [1.54, 1.807) is 0 Å². The van der Waals surface area contributed by atoms with Crippen LogP contribution < -0.4 is 0 Å². The molecule has 1 saturated carbocycles. The Hall–Kier alpha value is -0.860. The van der Waals surface area contributed by atoms with Crippen molar-refractivity contribution >= 4 is 0 Å². The third-order valence-corrected chi connectivity index (χ3v) is 2.41. The number of aryl methyl sites for hydroxylation is 1. The van der Waals surface area contributed by atoms with Crippen molar-refractivity contribution in [3.8, 4) is 0 Å². The van der Waals surface area contributed by atoms with Gasteiger partial charge in [0.25, 0.3) is 0 Å². The molecular weight excluding hydrogens is 152 g/mol. The molecule has 2 rings (SSSR count). The highest BCUT2D eigenvalue weighted by molar-refractivity contribution is 4.98. The van der Waals surface area contributed by atoms with Crippen LogP contribution in [-0.4, -0.2) is 10.1 Å². The number of rotatable bonds is 3. The zero-order chi connectivity index (χ0) is 8.39. The van der Waals surface area contributed by atoms with Crippen molar-refractivity contribution < 1.29 is 4.52 Å². The Kier molecular flexibility index (Phi) is 2.11. The van der Waals surface area contributed by atoms with Crippen LogP contribution in [-0.2, 0) is 6.42 Å². The van der Waals surface area contributed by atoms with Gasteiger partial charge < -0.3 is 4.52 Å². The second-order valence-electron chi connectivity index (χ2n) is 3.43. The molecule has 66 valence electrons. The number of nitrogens with zero attached hydrogens (tertiary/aromatic N) is 2. The second kappa shape index (κ2) is 3.25. The molecule has 0 radical (unpaired) electrons. The van der Waals surface area contributed by atoms with Gasteiger partial charge >= 0.3 is 0 Å². The van der Waals surface area contributed by atoms with Crippen LogP contribution in [0.2, 0.25) is 0 Å². The summed E-state index contributed by atoms with van der Waals surface area (Å²) in [6, 6.07) is 0. The molecule has 12 heavy (non-hydrogen) atoms. The lowest BCUT2D eigenvalue weighted by atomic mass is 9.85. The molecule has 0 amide bonds. The van der Waals surface area contributed by atoms with Gasteiger partial charge in [-0.2, -0.15) is 4.98 Å². The molecule has 0 atom stereocenters. The van der Waals surface area contributed by atoms with Gasteiger partial charge in [-0.05, 0) is 19.3 Å². The molecule has 0 saturated heterocycles. The highest BCUT2D eigenvalue weighted by Gasteiger charge is 2.24. The van der Waals surface area contributed by atoms with Crippen LogP contribution in [0, 0.1) is 0 Å². The quantitative estimate of drug-likeness (QED) is 0.691. The zero-order valence-electron chi connectivity index (χ0n) is 7.42. The van der Waals surface area contributed by atoms with Crippen LogP contribution in [0.5, 0.6) is 0 Å². The molecular formula is C9H14N2O. The Balaban J connectivity index is 2.02. The maximum atomic E-state index is 5.16. The number of aromatic nitrogens is 2. The Bertz CT molecular complexity index is 253. The first-order valence-electron chi connectivity index (χ1n) is 4.72. The Morgan fingerprint density at radius 1 is 1.50 bits per heavy atom. The average molecular weight is 166 g/mol. The predicted octanol–water partition coefficient (Wildman–Crippen LogP) is 2.29. The van der Waals surface area contributed by atoms with Crippen molar-refractivity contribution in [1.29, 1.82) is 0 Å². The van der Waals surface area contributed by atoms with Gasteiger partial charge in [0.15, 0.2) is 5.82 Å². The minimum absolute atomic E-state index is 0.572. The second-order valence-corrected chi connectivity index (χ2v) is 3.43. The topological polar surface area (TPSA) is 38.9 Å². The van der Waals surface area contributed by atoms with Crippen molar-refractivity contribution in [3.63, 3.8) is 0 Å². The Morgan fingerprint density at radius 2 is 2.33 bits per heavy atom. The number of hydrogen-bond donors (Lipinski definition) is 0. The molecule has 0 spiro atoms. The molecule has 1 aromatic heterocycles. The largest absolute Gasteiger partial charge is 0.339 e. The third kappa shape index (κ3) is 1.36. The molecule has 0 bridgehead atoms. The minimum atomic E-state index is 0.572. The van der Waals surface area contributed by atoms with Crippen molar-refractivity contribution in [1.82, 2.24) is 10.1 Å². The zero-order valence-corrected chi connectivity index (χ0v) is 7.42. The molecule has 3 heteroatoms. The van der Waals surface area contributed by atoms with E-state index in [1.165, 1.54) is 19.3 Å². The fourth-order valence-electron chi connectivity index (χ4n) is 1.41. The van der Waals surface area contributed by atoms with Gasteiger partial charge in [-0.1, -0.05) is 18.5 Å². The Morgan fingerprint density at radius 3 is 2.92 bits per heavy atom. The lowest BCUT2D eigenvalue weighted by molar-refractivity contribution is 0.291. The summed E-state index contributed by atoms with van der Waals surface area (Å²) >= 11 is 0. The van der Waals surface area contributed by atoms with Gasteiger partial charge in [-0.15, -0.1) is 0 Å². The SMILES string of the molecule is CCCc1noc(C2CCC2)n1. The fraction of sp³-hybridized carbons (Fsp3) is 0.778. The van der Waals surface area contributed by atoms with Gasteiger partial charge in [0.2, 0.25) is 5.89 Å². The summed E-state index contributed by atoms with van der Waals surface area (Å²) in [7, 11) is 0. The summed E-state index contributed by atoms with van der Waals surface area (Å²) in [5.41, 5.74) is 0. The highest BCUT2D eigenvalue weighted by atomic mass is 16.5.